The monoisotopic (exact) mass is 270 g/mol. The van der Waals surface area contributed by atoms with E-state index in [4.69, 9.17) is 0 Å². The molecule has 1 atom stereocenters. The van der Waals surface area contributed by atoms with E-state index in [0.717, 1.165) is 0 Å². The Balaban J connectivity index is 2.53. The fourth-order valence-electron chi connectivity index (χ4n) is 1.80. The topological polar surface area (TPSA) is 20.2 Å². The van der Waals surface area contributed by atoms with Gasteiger partial charge in [-0.25, -0.2) is 17.6 Å². The van der Waals surface area contributed by atoms with Crippen LogP contribution in [0, 0.1) is 30.2 Å². The predicted molar refractivity (Wildman–Crippen MR) is 61.5 cm³/mol. The number of rotatable bonds is 2. The first-order chi connectivity index (χ1) is 8.91. The molecule has 19 heavy (non-hydrogen) atoms. The predicted octanol–water partition coefficient (Wildman–Crippen LogP) is 3.63. The van der Waals surface area contributed by atoms with E-state index in [9.17, 15) is 22.7 Å². The minimum absolute atomic E-state index is 0.190. The maximum absolute atomic E-state index is 13.8. The van der Waals surface area contributed by atoms with Crippen LogP contribution in [-0.2, 0) is 0 Å². The Hall–Kier alpha value is -1.88. The largest absolute Gasteiger partial charge is 0.383 e. The molecule has 1 unspecified atom stereocenters. The second kappa shape index (κ2) is 5.01. The Morgan fingerprint density at radius 2 is 1.53 bits per heavy atom. The van der Waals surface area contributed by atoms with Crippen LogP contribution < -0.4 is 0 Å². The highest BCUT2D eigenvalue weighted by molar-refractivity contribution is 5.34. The molecule has 0 bridgehead atoms. The number of hydrogen-bond acceptors (Lipinski definition) is 1. The summed E-state index contributed by atoms with van der Waals surface area (Å²) in [5.74, 6) is -4.51. The minimum Gasteiger partial charge on any atom is -0.383 e. The average molecular weight is 270 g/mol. The molecule has 2 rings (SSSR count). The van der Waals surface area contributed by atoms with Crippen molar-refractivity contribution in [2.45, 2.75) is 13.0 Å². The molecule has 0 spiro atoms. The minimum atomic E-state index is -1.70. The maximum Gasteiger partial charge on any atom is 0.161 e. The van der Waals surface area contributed by atoms with Gasteiger partial charge >= 0.3 is 0 Å². The Kier molecular flexibility index (Phi) is 3.57. The molecule has 0 fully saturated rings. The third kappa shape index (κ3) is 2.46. The normalized spacial score (nSPS) is 12.5. The Bertz CT molecular complexity index is 625. The van der Waals surface area contributed by atoms with E-state index < -0.39 is 34.9 Å². The van der Waals surface area contributed by atoms with E-state index >= 15 is 0 Å². The summed E-state index contributed by atoms with van der Waals surface area (Å²) in [7, 11) is 0. The van der Waals surface area contributed by atoms with Crippen LogP contribution in [-0.4, -0.2) is 5.11 Å². The van der Waals surface area contributed by atoms with Gasteiger partial charge in [0.15, 0.2) is 11.6 Å². The fraction of sp³-hybridized carbons (Fsp3) is 0.143. The smallest absolute Gasteiger partial charge is 0.161 e. The quantitative estimate of drug-likeness (QED) is 0.652. The molecule has 1 nitrogen and oxygen atoms in total. The zero-order valence-corrected chi connectivity index (χ0v) is 9.92. The van der Waals surface area contributed by atoms with E-state index in [1.165, 1.54) is 25.1 Å². The summed E-state index contributed by atoms with van der Waals surface area (Å²) in [4.78, 5) is 0. The van der Waals surface area contributed by atoms with Gasteiger partial charge in [0, 0.05) is 17.2 Å². The van der Waals surface area contributed by atoms with Crippen LogP contribution in [0.3, 0.4) is 0 Å². The van der Waals surface area contributed by atoms with Crippen LogP contribution >= 0.6 is 0 Å². The zero-order valence-electron chi connectivity index (χ0n) is 9.92. The SMILES string of the molecule is Cc1cccc(C(O)c2cc(F)c(F)cc2F)c1F. The molecule has 1 N–H and O–H groups in total. The molecular formula is C14H10F4O. The summed E-state index contributed by atoms with van der Waals surface area (Å²) in [5, 5.41) is 9.92. The number of aliphatic hydroxyl groups is 1. The molecule has 0 aromatic heterocycles. The van der Waals surface area contributed by atoms with Crippen molar-refractivity contribution in [1.82, 2.24) is 0 Å². The molecule has 0 amide bonds. The number of halogens is 4. The molecule has 0 aliphatic rings. The lowest BCUT2D eigenvalue weighted by molar-refractivity contribution is 0.208. The Morgan fingerprint density at radius 3 is 2.21 bits per heavy atom. The van der Waals surface area contributed by atoms with Crippen molar-refractivity contribution in [2.75, 3.05) is 0 Å². The zero-order chi connectivity index (χ0) is 14.2. The molecule has 0 aliphatic carbocycles. The van der Waals surface area contributed by atoms with E-state index in [1.54, 1.807) is 0 Å². The van der Waals surface area contributed by atoms with Crippen LogP contribution in [0.5, 0.6) is 0 Å². The number of aliphatic hydroxyl groups excluding tert-OH is 1. The van der Waals surface area contributed by atoms with Crippen LogP contribution in [0.25, 0.3) is 0 Å². The lowest BCUT2D eigenvalue weighted by Gasteiger charge is -2.14. The van der Waals surface area contributed by atoms with Gasteiger partial charge in [-0.2, -0.15) is 0 Å². The molecule has 5 heteroatoms. The van der Waals surface area contributed by atoms with Crippen molar-refractivity contribution in [3.8, 4) is 0 Å². The van der Waals surface area contributed by atoms with Gasteiger partial charge in [-0.3, -0.25) is 0 Å². The van der Waals surface area contributed by atoms with Crippen molar-refractivity contribution in [3.63, 3.8) is 0 Å². The van der Waals surface area contributed by atoms with Gasteiger partial charge in [-0.15, -0.1) is 0 Å². The number of hydrogen-bond donors (Lipinski definition) is 1. The first-order valence-corrected chi connectivity index (χ1v) is 5.49. The Morgan fingerprint density at radius 1 is 0.895 bits per heavy atom. The summed E-state index contributed by atoms with van der Waals surface area (Å²) in [6.45, 7) is 1.48. The average Bonchev–Trinajstić information content (AvgIpc) is 2.36. The molecule has 0 radical (unpaired) electrons. The van der Waals surface area contributed by atoms with Gasteiger partial charge in [0.25, 0.3) is 0 Å². The van der Waals surface area contributed by atoms with Gasteiger partial charge in [0.1, 0.15) is 17.7 Å². The summed E-state index contributed by atoms with van der Waals surface area (Å²) >= 11 is 0. The van der Waals surface area contributed by atoms with Gasteiger partial charge in [0.2, 0.25) is 0 Å². The van der Waals surface area contributed by atoms with Gasteiger partial charge in [0.05, 0.1) is 0 Å². The van der Waals surface area contributed by atoms with Crippen molar-refractivity contribution in [3.05, 3.63) is 70.3 Å². The Labute approximate surface area is 107 Å². The molecule has 0 aliphatic heterocycles. The molecule has 100 valence electrons. The second-order valence-electron chi connectivity index (χ2n) is 4.17. The fourth-order valence-corrected chi connectivity index (χ4v) is 1.80. The van der Waals surface area contributed by atoms with Crippen molar-refractivity contribution in [2.24, 2.45) is 0 Å². The van der Waals surface area contributed by atoms with E-state index in [0.29, 0.717) is 12.1 Å². The van der Waals surface area contributed by atoms with E-state index in [-0.39, 0.29) is 11.1 Å². The lowest BCUT2D eigenvalue weighted by atomic mass is 9.98. The first-order valence-electron chi connectivity index (χ1n) is 5.49. The van der Waals surface area contributed by atoms with Crippen LogP contribution in [0.1, 0.15) is 22.8 Å². The standard InChI is InChI=1S/C14H10F4O/c1-7-3-2-4-8(13(7)18)14(19)9-5-11(16)12(17)6-10(9)15/h2-6,14,19H,1H3. The van der Waals surface area contributed by atoms with Gasteiger partial charge in [-0.05, 0) is 18.6 Å². The maximum atomic E-state index is 13.8. The molecule has 2 aromatic rings. The number of benzene rings is 2. The van der Waals surface area contributed by atoms with Crippen molar-refractivity contribution in [1.29, 1.82) is 0 Å². The highest BCUT2D eigenvalue weighted by Gasteiger charge is 2.21. The van der Waals surface area contributed by atoms with Crippen LogP contribution in [0.4, 0.5) is 17.6 Å². The van der Waals surface area contributed by atoms with Crippen molar-refractivity contribution < 1.29 is 22.7 Å². The molecule has 2 aromatic carbocycles. The highest BCUT2D eigenvalue weighted by Crippen LogP contribution is 2.28. The van der Waals surface area contributed by atoms with Gasteiger partial charge in [-0.1, -0.05) is 18.2 Å². The van der Waals surface area contributed by atoms with E-state index in [2.05, 4.69) is 0 Å². The van der Waals surface area contributed by atoms with Crippen molar-refractivity contribution >= 4 is 0 Å². The summed E-state index contributed by atoms with van der Waals surface area (Å²) in [5.41, 5.74) is -0.437. The summed E-state index contributed by atoms with van der Waals surface area (Å²) in [6.07, 6.45) is -1.70. The summed E-state index contributed by atoms with van der Waals surface area (Å²) in [6, 6.07) is 5.06. The molecule has 0 heterocycles. The molecule has 0 saturated carbocycles. The summed E-state index contributed by atoms with van der Waals surface area (Å²) < 4.78 is 53.2. The third-order valence-corrected chi connectivity index (χ3v) is 2.85. The molecule has 0 saturated heterocycles. The van der Waals surface area contributed by atoms with Crippen LogP contribution in [0.15, 0.2) is 30.3 Å². The lowest BCUT2D eigenvalue weighted by Crippen LogP contribution is -2.07. The van der Waals surface area contributed by atoms with E-state index in [1.807, 2.05) is 0 Å². The van der Waals surface area contributed by atoms with Crippen LogP contribution in [0.2, 0.25) is 0 Å². The third-order valence-electron chi connectivity index (χ3n) is 2.85. The molecular weight excluding hydrogens is 260 g/mol. The first kappa shape index (κ1) is 13.5. The number of aryl methyl sites for hydroxylation is 1. The second-order valence-corrected chi connectivity index (χ2v) is 4.17. The van der Waals surface area contributed by atoms with Gasteiger partial charge < -0.3 is 5.11 Å². The highest BCUT2D eigenvalue weighted by atomic mass is 19.2.